The van der Waals surface area contributed by atoms with Crippen LogP contribution in [-0.2, 0) is 6.42 Å². The van der Waals surface area contributed by atoms with Crippen molar-refractivity contribution in [2.24, 2.45) is 0 Å². The predicted octanol–water partition coefficient (Wildman–Crippen LogP) is 3.75. The van der Waals surface area contributed by atoms with Crippen molar-refractivity contribution in [3.8, 4) is 0 Å². The molecule has 0 spiro atoms. The van der Waals surface area contributed by atoms with E-state index < -0.39 is 0 Å². The molecule has 0 saturated carbocycles. The highest BCUT2D eigenvalue weighted by atomic mass is 16.2. The lowest BCUT2D eigenvalue weighted by molar-refractivity contribution is 0.249. The molecule has 3 nitrogen and oxygen atoms in total. The molecule has 104 valence electrons. The number of rotatable bonds is 4. The molecule has 1 atom stereocenters. The fourth-order valence-corrected chi connectivity index (χ4v) is 2.04. The standard InChI is InChI=1S/C17H20N2O/c1-13-8-10-15(11-9-13)12-14(2)18-17(20)19-16-6-4-3-5-7-16/h3-11,14H,12H2,1-2H3,(H2,18,19,20). The van der Waals surface area contributed by atoms with E-state index in [0.717, 1.165) is 12.1 Å². The minimum atomic E-state index is -0.171. The SMILES string of the molecule is Cc1ccc(CC(C)NC(=O)Nc2ccccc2)cc1. The second kappa shape index (κ2) is 6.75. The molecule has 3 heteroatoms. The average molecular weight is 268 g/mol. The molecule has 0 radical (unpaired) electrons. The number of para-hydroxylation sites is 1. The highest BCUT2D eigenvalue weighted by Crippen LogP contribution is 2.07. The summed E-state index contributed by atoms with van der Waals surface area (Å²) in [6.45, 7) is 4.07. The second-order valence-corrected chi connectivity index (χ2v) is 5.06. The Morgan fingerprint density at radius 1 is 1.05 bits per heavy atom. The van der Waals surface area contributed by atoms with Gasteiger partial charge < -0.3 is 10.6 Å². The first-order chi connectivity index (χ1) is 9.63. The molecule has 20 heavy (non-hydrogen) atoms. The van der Waals surface area contributed by atoms with Crippen molar-refractivity contribution in [2.75, 3.05) is 5.32 Å². The third-order valence-electron chi connectivity index (χ3n) is 3.07. The van der Waals surface area contributed by atoms with E-state index in [2.05, 4.69) is 41.8 Å². The van der Waals surface area contributed by atoms with Crippen LogP contribution < -0.4 is 10.6 Å². The molecular formula is C17H20N2O. The highest BCUT2D eigenvalue weighted by Gasteiger charge is 2.08. The first-order valence-electron chi connectivity index (χ1n) is 6.81. The van der Waals surface area contributed by atoms with Gasteiger partial charge >= 0.3 is 6.03 Å². The summed E-state index contributed by atoms with van der Waals surface area (Å²) in [5.74, 6) is 0. The molecule has 0 saturated heterocycles. The molecule has 0 aliphatic heterocycles. The lowest BCUT2D eigenvalue weighted by Gasteiger charge is -2.15. The molecule has 0 aromatic heterocycles. The number of hydrogen-bond donors (Lipinski definition) is 2. The van der Waals surface area contributed by atoms with Crippen LogP contribution in [0.4, 0.5) is 10.5 Å². The summed E-state index contributed by atoms with van der Waals surface area (Å²) in [4.78, 5) is 11.8. The van der Waals surface area contributed by atoms with Crippen molar-refractivity contribution in [1.29, 1.82) is 0 Å². The summed E-state index contributed by atoms with van der Waals surface area (Å²) in [7, 11) is 0. The molecule has 2 amide bonds. The number of nitrogens with one attached hydrogen (secondary N) is 2. The van der Waals surface area contributed by atoms with E-state index in [1.165, 1.54) is 11.1 Å². The van der Waals surface area contributed by atoms with Crippen molar-refractivity contribution in [3.63, 3.8) is 0 Å². The van der Waals surface area contributed by atoms with Gasteiger partial charge in [-0.05, 0) is 38.0 Å². The molecule has 2 aromatic carbocycles. The Balaban J connectivity index is 1.83. The monoisotopic (exact) mass is 268 g/mol. The Labute approximate surface area is 120 Å². The number of carbonyl (C=O) groups excluding carboxylic acids is 1. The van der Waals surface area contributed by atoms with E-state index in [0.29, 0.717) is 0 Å². The quantitative estimate of drug-likeness (QED) is 0.871. The minimum Gasteiger partial charge on any atom is -0.335 e. The molecule has 2 rings (SSSR count). The van der Waals surface area contributed by atoms with Gasteiger partial charge in [0, 0.05) is 11.7 Å². The van der Waals surface area contributed by atoms with E-state index in [-0.39, 0.29) is 12.1 Å². The van der Waals surface area contributed by atoms with Crippen molar-refractivity contribution in [1.82, 2.24) is 5.32 Å². The third kappa shape index (κ3) is 4.43. The van der Waals surface area contributed by atoms with Crippen LogP contribution in [0, 0.1) is 6.92 Å². The largest absolute Gasteiger partial charge is 0.335 e. The fourth-order valence-electron chi connectivity index (χ4n) is 2.04. The van der Waals surface area contributed by atoms with Crippen LogP contribution in [0.15, 0.2) is 54.6 Å². The molecule has 0 bridgehead atoms. The topological polar surface area (TPSA) is 41.1 Å². The van der Waals surface area contributed by atoms with E-state index in [9.17, 15) is 4.79 Å². The van der Waals surface area contributed by atoms with Gasteiger partial charge in [-0.1, -0.05) is 48.0 Å². The fraction of sp³-hybridized carbons (Fsp3) is 0.235. The van der Waals surface area contributed by atoms with E-state index in [1.807, 2.05) is 37.3 Å². The summed E-state index contributed by atoms with van der Waals surface area (Å²) < 4.78 is 0. The maximum absolute atomic E-state index is 11.8. The number of anilines is 1. The van der Waals surface area contributed by atoms with Crippen molar-refractivity contribution < 1.29 is 4.79 Å². The number of amides is 2. The molecular weight excluding hydrogens is 248 g/mol. The maximum atomic E-state index is 11.8. The zero-order chi connectivity index (χ0) is 14.4. The Bertz CT molecular complexity index is 549. The molecule has 2 N–H and O–H groups in total. The normalized spacial score (nSPS) is 11.7. The van der Waals surface area contributed by atoms with E-state index in [4.69, 9.17) is 0 Å². The van der Waals surface area contributed by atoms with E-state index in [1.54, 1.807) is 0 Å². The number of aryl methyl sites for hydroxylation is 1. The first kappa shape index (κ1) is 14.1. The number of benzene rings is 2. The van der Waals surface area contributed by atoms with Crippen LogP contribution in [0.1, 0.15) is 18.1 Å². The Morgan fingerprint density at radius 2 is 1.70 bits per heavy atom. The minimum absolute atomic E-state index is 0.0846. The molecule has 0 aliphatic carbocycles. The average Bonchev–Trinajstić information content (AvgIpc) is 2.42. The van der Waals surface area contributed by atoms with Crippen LogP contribution in [0.25, 0.3) is 0 Å². The van der Waals surface area contributed by atoms with Crippen molar-refractivity contribution in [2.45, 2.75) is 26.3 Å². The van der Waals surface area contributed by atoms with Gasteiger partial charge in [0.1, 0.15) is 0 Å². The molecule has 1 unspecified atom stereocenters. The van der Waals surface area contributed by atoms with Gasteiger partial charge in [0.2, 0.25) is 0 Å². The third-order valence-corrected chi connectivity index (χ3v) is 3.07. The maximum Gasteiger partial charge on any atom is 0.319 e. The first-order valence-corrected chi connectivity index (χ1v) is 6.81. The van der Waals surface area contributed by atoms with Gasteiger partial charge in [0.15, 0.2) is 0 Å². The van der Waals surface area contributed by atoms with Gasteiger partial charge in [-0.15, -0.1) is 0 Å². The van der Waals surface area contributed by atoms with Crippen LogP contribution >= 0.6 is 0 Å². The van der Waals surface area contributed by atoms with Crippen LogP contribution in [0.3, 0.4) is 0 Å². The van der Waals surface area contributed by atoms with Gasteiger partial charge in [-0.25, -0.2) is 4.79 Å². The van der Waals surface area contributed by atoms with E-state index >= 15 is 0 Å². The smallest absolute Gasteiger partial charge is 0.319 e. The van der Waals surface area contributed by atoms with Crippen molar-refractivity contribution >= 4 is 11.7 Å². The summed E-state index contributed by atoms with van der Waals surface area (Å²) >= 11 is 0. The molecule has 0 fully saturated rings. The van der Waals surface area contributed by atoms with Crippen LogP contribution in [0.2, 0.25) is 0 Å². The van der Waals surface area contributed by atoms with Gasteiger partial charge in [0.05, 0.1) is 0 Å². The number of hydrogen-bond acceptors (Lipinski definition) is 1. The second-order valence-electron chi connectivity index (χ2n) is 5.06. The molecule has 0 aliphatic rings. The zero-order valence-corrected chi connectivity index (χ0v) is 11.9. The number of urea groups is 1. The molecule has 2 aromatic rings. The molecule has 0 heterocycles. The summed E-state index contributed by atoms with van der Waals surface area (Å²) in [6.07, 6.45) is 0.822. The Kier molecular flexibility index (Phi) is 4.77. The van der Waals surface area contributed by atoms with Gasteiger partial charge in [0.25, 0.3) is 0 Å². The van der Waals surface area contributed by atoms with Crippen molar-refractivity contribution in [3.05, 3.63) is 65.7 Å². The Morgan fingerprint density at radius 3 is 2.35 bits per heavy atom. The highest BCUT2D eigenvalue weighted by molar-refractivity contribution is 5.89. The summed E-state index contributed by atoms with van der Waals surface area (Å²) in [6, 6.07) is 17.7. The van der Waals surface area contributed by atoms with Crippen LogP contribution in [0.5, 0.6) is 0 Å². The summed E-state index contributed by atoms with van der Waals surface area (Å²) in [5, 5.41) is 5.76. The van der Waals surface area contributed by atoms with Gasteiger partial charge in [-0.3, -0.25) is 0 Å². The zero-order valence-electron chi connectivity index (χ0n) is 11.9. The lowest BCUT2D eigenvalue weighted by atomic mass is 10.1. The number of carbonyl (C=O) groups is 1. The lowest BCUT2D eigenvalue weighted by Crippen LogP contribution is -2.37. The van der Waals surface area contributed by atoms with Gasteiger partial charge in [-0.2, -0.15) is 0 Å². The Hall–Kier alpha value is -2.29. The van der Waals surface area contributed by atoms with Crippen LogP contribution in [-0.4, -0.2) is 12.1 Å². The summed E-state index contributed by atoms with van der Waals surface area (Å²) in [5.41, 5.74) is 3.27. The predicted molar refractivity (Wildman–Crippen MR) is 82.9 cm³/mol.